The Hall–Kier alpha value is -0.570. The molecule has 1 aliphatic rings. The Kier molecular flexibility index (Phi) is 5.26. The fourth-order valence-electron chi connectivity index (χ4n) is 2.41. The lowest BCUT2D eigenvalue weighted by molar-refractivity contribution is -0.135. The van der Waals surface area contributed by atoms with Crippen LogP contribution >= 0.6 is 0 Å². The monoisotopic (exact) mass is 226 g/mol. The average molecular weight is 226 g/mol. The van der Waals surface area contributed by atoms with Gasteiger partial charge in [-0.3, -0.25) is 4.79 Å². The summed E-state index contributed by atoms with van der Waals surface area (Å²) in [6, 6.07) is -0.319. The molecule has 94 valence electrons. The van der Waals surface area contributed by atoms with Gasteiger partial charge in [0, 0.05) is 13.1 Å². The van der Waals surface area contributed by atoms with Gasteiger partial charge in [-0.25, -0.2) is 0 Å². The second-order valence-electron chi connectivity index (χ2n) is 5.35. The molecule has 1 unspecified atom stereocenters. The van der Waals surface area contributed by atoms with E-state index in [1.54, 1.807) is 0 Å². The minimum Gasteiger partial charge on any atom is -0.341 e. The Labute approximate surface area is 99.4 Å². The molecule has 0 radical (unpaired) electrons. The fourth-order valence-corrected chi connectivity index (χ4v) is 2.41. The second-order valence-corrected chi connectivity index (χ2v) is 5.35. The number of hydrogen-bond donors (Lipinski definition) is 1. The van der Waals surface area contributed by atoms with Crippen molar-refractivity contribution in [2.24, 2.45) is 17.6 Å². The van der Waals surface area contributed by atoms with E-state index in [9.17, 15) is 4.79 Å². The number of carbonyl (C=O) groups is 1. The summed E-state index contributed by atoms with van der Waals surface area (Å²) in [6.07, 6.45) is 4.86. The molecule has 1 saturated heterocycles. The van der Waals surface area contributed by atoms with E-state index in [2.05, 4.69) is 6.92 Å². The molecule has 0 bridgehead atoms. The zero-order valence-electron chi connectivity index (χ0n) is 10.9. The smallest absolute Gasteiger partial charge is 0.239 e. The highest BCUT2D eigenvalue weighted by Crippen LogP contribution is 2.21. The van der Waals surface area contributed by atoms with Crippen LogP contribution in [0, 0.1) is 11.8 Å². The van der Waals surface area contributed by atoms with Gasteiger partial charge in [0.1, 0.15) is 0 Å². The molecule has 0 aromatic heterocycles. The van der Waals surface area contributed by atoms with Crippen molar-refractivity contribution in [3.05, 3.63) is 0 Å². The molecule has 2 N–H and O–H groups in total. The number of amides is 1. The summed E-state index contributed by atoms with van der Waals surface area (Å²) in [5.74, 6) is 1.08. The number of rotatable bonds is 4. The molecule has 0 aromatic rings. The minimum atomic E-state index is -0.319. The standard InChI is InChI=1S/C13H26N2O/c1-4-6-11-7-5-8-15(9-11)13(16)12(14)10(2)3/h10-12H,4-9,14H2,1-3H3/t11?,12-/m0/s1. The first kappa shape index (κ1) is 13.5. The van der Waals surface area contributed by atoms with Crippen molar-refractivity contribution in [3.8, 4) is 0 Å². The van der Waals surface area contributed by atoms with E-state index in [4.69, 9.17) is 5.73 Å². The number of likely N-dealkylation sites (tertiary alicyclic amines) is 1. The topological polar surface area (TPSA) is 46.3 Å². The molecule has 1 aliphatic heterocycles. The van der Waals surface area contributed by atoms with Crippen LogP contribution in [0.25, 0.3) is 0 Å². The fraction of sp³-hybridized carbons (Fsp3) is 0.923. The molecule has 0 aliphatic carbocycles. The molecule has 1 heterocycles. The number of hydrogen-bond acceptors (Lipinski definition) is 2. The van der Waals surface area contributed by atoms with E-state index in [-0.39, 0.29) is 17.9 Å². The molecule has 3 heteroatoms. The third-order valence-electron chi connectivity index (χ3n) is 3.53. The molecule has 2 atom stereocenters. The van der Waals surface area contributed by atoms with Crippen molar-refractivity contribution in [2.75, 3.05) is 13.1 Å². The maximum atomic E-state index is 12.1. The van der Waals surface area contributed by atoms with Crippen LogP contribution in [-0.2, 0) is 4.79 Å². The maximum absolute atomic E-state index is 12.1. The predicted molar refractivity (Wildman–Crippen MR) is 67.0 cm³/mol. The zero-order chi connectivity index (χ0) is 12.1. The summed E-state index contributed by atoms with van der Waals surface area (Å²) in [4.78, 5) is 14.1. The molecule has 16 heavy (non-hydrogen) atoms. The van der Waals surface area contributed by atoms with Crippen LogP contribution in [0.1, 0.15) is 46.5 Å². The van der Waals surface area contributed by atoms with Crippen molar-refractivity contribution >= 4 is 5.91 Å². The van der Waals surface area contributed by atoms with Crippen LogP contribution < -0.4 is 5.73 Å². The average Bonchev–Trinajstić information content (AvgIpc) is 2.28. The first-order chi connectivity index (χ1) is 7.56. The highest BCUT2D eigenvalue weighted by atomic mass is 16.2. The van der Waals surface area contributed by atoms with E-state index in [1.807, 2.05) is 18.7 Å². The molecule has 1 fully saturated rings. The van der Waals surface area contributed by atoms with E-state index in [0.29, 0.717) is 5.92 Å². The summed E-state index contributed by atoms with van der Waals surface area (Å²) in [6.45, 7) is 8.05. The molecule has 1 rings (SSSR count). The second kappa shape index (κ2) is 6.24. The van der Waals surface area contributed by atoms with Crippen LogP contribution in [0.4, 0.5) is 0 Å². The number of carbonyl (C=O) groups excluding carboxylic acids is 1. The summed E-state index contributed by atoms with van der Waals surface area (Å²) < 4.78 is 0. The minimum absolute atomic E-state index is 0.149. The molecule has 0 aromatic carbocycles. The Bertz CT molecular complexity index is 226. The Morgan fingerprint density at radius 3 is 2.75 bits per heavy atom. The van der Waals surface area contributed by atoms with E-state index in [0.717, 1.165) is 19.5 Å². The lowest BCUT2D eigenvalue weighted by atomic mass is 9.92. The van der Waals surface area contributed by atoms with Crippen molar-refractivity contribution in [2.45, 2.75) is 52.5 Å². The molecule has 3 nitrogen and oxygen atoms in total. The van der Waals surface area contributed by atoms with Gasteiger partial charge >= 0.3 is 0 Å². The van der Waals surface area contributed by atoms with Crippen LogP contribution in [0.15, 0.2) is 0 Å². The number of nitrogens with two attached hydrogens (primary N) is 1. The van der Waals surface area contributed by atoms with Gasteiger partial charge in [-0.05, 0) is 31.1 Å². The highest BCUT2D eigenvalue weighted by Gasteiger charge is 2.27. The third kappa shape index (κ3) is 3.48. The number of piperidine rings is 1. The van der Waals surface area contributed by atoms with Gasteiger partial charge in [0.15, 0.2) is 0 Å². The Morgan fingerprint density at radius 1 is 1.50 bits per heavy atom. The van der Waals surface area contributed by atoms with Crippen LogP contribution in [0.3, 0.4) is 0 Å². The first-order valence-electron chi connectivity index (χ1n) is 6.60. The van der Waals surface area contributed by atoms with Crippen LogP contribution in [0.5, 0.6) is 0 Å². The largest absolute Gasteiger partial charge is 0.341 e. The van der Waals surface area contributed by atoms with Gasteiger partial charge in [-0.1, -0.05) is 27.2 Å². The quantitative estimate of drug-likeness (QED) is 0.797. The van der Waals surface area contributed by atoms with E-state index >= 15 is 0 Å². The number of nitrogens with zero attached hydrogens (tertiary/aromatic N) is 1. The van der Waals surface area contributed by atoms with Crippen LogP contribution in [-0.4, -0.2) is 29.9 Å². The molecule has 0 spiro atoms. The summed E-state index contributed by atoms with van der Waals surface area (Å²) in [5.41, 5.74) is 5.92. The van der Waals surface area contributed by atoms with Crippen molar-refractivity contribution in [1.82, 2.24) is 4.90 Å². The maximum Gasteiger partial charge on any atom is 0.239 e. The predicted octanol–water partition coefficient (Wildman–Crippen LogP) is 2.01. The first-order valence-corrected chi connectivity index (χ1v) is 6.60. The summed E-state index contributed by atoms with van der Waals surface area (Å²) in [7, 11) is 0. The Morgan fingerprint density at radius 2 is 2.19 bits per heavy atom. The lowest BCUT2D eigenvalue weighted by Gasteiger charge is -2.35. The third-order valence-corrected chi connectivity index (χ3v) is 3.53. The molecular weight excluding hydrogens is 200 g/mol. The normalized spacial score (nSPS) is 23.6. The van der Waals surface area contributed by atoms with Crippen molar-refractivity contribution in [1.29, 1.82) is 0 Å². The molecular formula is C13H26N2O. The van der Waals surface area contributed by atoms with E-state index < -0.39 is 0 Å². The van der Waals surface area contributed by atoms with Crippen LogP contribution in [0.2, 0.25) is 0 Å². The van der Waals surface area contributed by atoms with Gasteiger partial charge in [-0.2, -0.15) is 0 Å². The van der Waals surface area contributed by atoms with Gasteiger partial charge in [-0.15, -0.1) is 0 Å². The van der Waals surface area contributed by atoms with Crippen molar-refractivity contribution in [3.63, 3.8) is 0 Å². The van der Waals surface area contributed by atoms with Crippen molar-refractivity contribution < 1.29 is 4.79 Å². The lowest BCUT2D eigenvalue weighted by Crippen LogP contribution is -2.49. The van der Waals surface area contributed by atoms with E-state index in [1.165, 1.54) is 19.3 Å². The summed E-state index contributed by atoms with van der Waals surface area (Å²) in [5, 5.41) is 0. The highest BCUT2D eigenvalue weighted by molar-refractivity contribution is 5.82. The van der Waals surface area contributed by atoms with Gasteiger partial charge in [0.05, 0.1) is 6.04 Å². The zero-order valence-corrected chi connectivity index (χ0v) is 10.9. The van der Waals surface area contributed by atoms with Gasteiger partial charge < -0.3 is 10.6 Å². The SMILES string of the molecule is CCCC1CCCN(C(=O)[C@@H](N)C(C)C)C1. The summed E-state index contributed by atoms with van der Waals surface area (Å²) >= 11 is 0. The Balaban J connectivity index is 2.49. The molecule has 0 saturated carbocycles. The molecule has 1 amide bonds. The van der Waals surface area contributed by atoms with Gasteiger partial charge in [0.2, 0.25) is 5.91 Å². The van der Waals surface area contributed by atoms with Gasteiger partial charge in [0.25, 0.3) is 0 Å².